The van der Waals surface area contributed by atoms with E-state index in [9.17, 15) is 14.4 Å². The van der Waals surface area contributed by atoms with Gasteiger partial charge in [-0.05, 0) is 37.1 Å². The van der Waals surface area contributed by atoms with E-state index in [0.29, 0.717) is 24.3 Å². The van der Waals surface area contributed by atoms with Crippen LogP contribution in [0.1, 0.15) is 23.2 Å². The second kappa shape index (κ2) is 6.88. The standard InChI is InChI=1S/C15H17NO5/c1-20-15(19)13-3-2-8-16(13)14(18)10-21-12-6-4-11(9-17)5-7-12/h4-7,9,13H,2-3,8,10H2,1H3/t13-/m0/s1. The summed E-state index contributed by atoms with van der Waals surface area (Å²) in [5.41, 5.74) is 0.541. The summed E-state index contributed by atoms with van der Waals surface area (Å²) in [5.74, 6) is -0.138. The van der Waals surface area contributed by atoms with Crippen molar-refractivity contribution in [3.63, 3.8) is 0 Å². The highest BCUT2D eigenvalue weighted by Crippen LogP contribution is 2.19. The molecule has 1 aromatic carbocycles. The van der Waals surface area contributed by atoms with Crippen molar-refractivity contribution in [2.75, 3.05) is 20.3 Å². The molecule has 1 aromatic rings. The van der Waals surface area contributed by atoms with Crippen LogP contribution in [0.3, 0.4) is 0 Å². The van der Waals surface area contributed by atoms with Gasteiger partial charge in [-0.15, -0.1) is 0 Å². The zero-order valence-electron chi connectivity index (χ0n) is 11.8. The van der Waals surface area contributed by atoms with Crippen molar-refractivity contribution >= 4 is 18.2 Å². The van der Waals surface area contributed by atoms with Gasteiger partial charge in [-0.1, -0.05) is 0 Å². The Bertz CT molecular complexity index is 525. The zero-order valence-corrected chi connectivity index (χ0v) is 11.8. The Hall–Kier alpha value is -2.37. The van der Waals surface area contributed by atoms with E-state index in [0.717, 1.165) is 12.7 Å². The molecule has 6 heteroatoms. The molecule has 21 heavy (non-hydrogen) atoms. The summed E-state index contributed by atoms with van der Waals surface area (Å²) in [7, 11) is 1.31. The fraction of sp³-hybridized carbons (Fsp3) is 0.400. The maximum Gasteiger partial charge on any atom is 0.328 e. The third-order valence-electron chi connectivity index (χ3n) is 3.42. The summed E-state index contributed by atoms with van der Waals surface area (Å²) in [6.45, 7) is 0.389. The number of methoxy groups -OCH3 is 1. The minimum absolute atomic E-state index is 0.145. The molecule has 6 nitrogen and oxygen atoms in total. The molecule has 0 aromatic heterocycles. The molecule has 1 atom stereocenters. The molecular formula is C15H17NO5. The number of rotatable bonds is 5. The molecule has 1 aliphatic heterocycles. The van der Waals surface area contributed by atoms with Crippen molar-refractivity contribution in [3.8, 4) is 5.75 Å². The van der Waals surface area contributed by atoms with Crippen molar-refractivity contribution in [2.24, 2.45) is 0 Å². The van der Waals surface area contributed by atoms with Gasteiger partial charge in [0.15, 0.2) is 6.61 Å². The summed E-state index contributed by atoms with van der Waals surface area (Å²) >= 11 is 0. The molecule has 0 saturated carbocycles. The minimum atomic E-state index is -0.511. The summed E-state index contributed by atoms with van der Waals surface area (Å²) in [4.78, 5) is 35.7. The van der Waals surface area contributed by atoms with Gasteiger partial charge in [0, 0.05) is 12.1 Å². The van der Waals surface area contributed by atoms with Crippen LogP contribution in [0.2, 0.25) is 0 Å². The summed E-state index contributed by atoms with van der Waals surface area (Å²) < 4.78 is 10.1. The Kier molecular flexibility index (Phi) is 4.92. The van der Waals surface area contributed by atoms with Crippen LogP contribution in [0.15, 0.2) is 24.3 Å². The predicted molar refractivity (Wildman–Crippen MR) is 74.1 cm³/mol. The van der Waals surface area contributed by atoms with Crippen LogP contribution in [0, 0.1) is 0 Å². The zero-order chi connectivity index (χ0) is 15.2. The van der Waals surface area contributed by atoms with Crippen LogP contribution in [0.4, 0.5) is 0 Å². The summed E-state index contributed by atoms with van der Waals surface area (Å²) in [5, 5.41) is 0. The quantitative estimate of drug-likeness (QED) is 0.598. The molecule has 0 aliphatic carbocycles. The Morgan fingerprint density at radius 1 is 1.33 bits per heavy atom. The summed E-state index contributed by atoms with van der Waals surface area (Å²) in [6, 6.07) is 5.96. The molecular weight excluding hydrogens is 274 g/mol. The first-order valence-corrected chi connectivity index (χ1v) is 6.71. The number of hydrogen-bond acceptors (Lipinski definition) is 5. The molecule has 0 radical (unpaired) electrons. The van der Waals surface area contributed by atoms with E-state index >= 15 is 0 Å². The maximum absolute atomic E-state index is 12.1. The monoisotopic (exact) mass is 291 g/mol. The number of aldehydes is 1. The lowest BCUT2D eigenvalue weighted by atomic mass is 10.2. The van der Waals surface area contributed by atoms with E-state index in [-0.39, 0.29) is 12.5 Å². The van der Waals surface area contributed by atoms with E-state index in [1.165, 1.54) is 12.0 Å². The van der Waals surface area contributed by atoms with Crippen LogP contribution >= 0.6 is 0 Å². The molecule has 112 valence electrons. The first-order chi connectivity index (χ1) is 10.2. The number of esters is 1. The molecule has 0 spiro atoms. The lowest BCUT2D eigenvalue weighted by Gasteiger charge is -2.22. The number of benzene rings is 1. The fourth-order valence-electron chi connectivity index (χ4n) is 2.32. The molecule has 1 heterocycles. The van der Waals surface area contributed by atoms with Crippen molar-refractivity contribution in [1.29, 1.82) is 0 Å². The predicted octanol–water partition coefficient (Wildman–Crippen LogP) is 1.04. The van der Waals surface area contributed by atoms with Gasteiger partial charge in [-0.2, -0.15) is 0 Å². The second-order valence-electron chi connectivity index (χ2n) is 4.74. The highest BCUT2D eigenvalue weighted by molar-refractivity contribution is 5.86. The van der Waals surface area contributed by atoms with Crippen LogP contribution in [-0.4, -0.2) is 49.4 Å². The second-order valence-corrected chi connectivity index (χ2v) is 4.74. The fourth-order valence-corrected chi connectivity index (χ4v) is 2.32. The van der Waals surface area contributed by atoms with E-state index in [1.54, 1.807) is 24.3 Å². The number of likely N-dealkylation sites (tertiary alicyclic amines) is 1. The number of hydrogen-bond donors (Lipinski definition) is 0. The van der Waals surface area contributed by atoms with Gasteiger partial charge in [0.2, 0.25) is 0 Å². The molecule has 0 N–H and O–H groups in total. The average molecular weight is 291 g/mol. The molecule has 1 saturated heterocycles. The number of carbonyl (C=O) groups excluding carboxylic acids is 3. The van der Waals surface area contributed by atoms with Gasteiger partial charge in [-0.25, -0.2) is 4.79 Å². The van der Waals surface area contributed by atoms with Crippen LogP contribution in [0.5, 0.6) is 5.75 Å². The highest BCUT2D eigenvalue weighted by Gasteiger charge is 2.34. The number of ether oxygens (including phenoxy) is 2. The molecule has 1 amide bonds. The Morgan fingerprint density at radius 3 is 2.67 bits per heavy atom. The van der Waals surface area contributed by atoms with E-state index in [2.05, 4.69) is 0 Å². The lowest BCUT2D eigenvalue weighted by molar-refractivity contribution is -0.151. The Labute approximate surface area is 122 Å². The summed E-state index contributed by atoms with van der Waals surface area (Å²) in [6.07, 6.45) is 2.13. The molecule has 2 rings (SSSR count). The molecule has 0 bridgehead atoms. The number of amides is 1. The highest BCUT2D eigenvalue weighted by atomic mass is 16.5. The average Bonchev–Trinajstić information content (AvgIpc) is 3.02. The van der Waals surface area contributed by atoms with Gasteiger partial charge in [0.05, 0.1) is 7.11 Å². The van der Waals surface area contributed by atoms with E-state index < -0.39 is 12.0 Å². The lowest BCUT2D eigenvalue weighted by Crippen LogP contribution is -2.43. The van der Waals surface area contributed by atoms with E-state index in [4.69, 9.17) is 9.47 Å². The van der Waals surface area contributed by atoms with Crippen molar-refractivity contribution in [3.05, 3.63) is 29.8 Å². The minimum Gasteiger partial charge on any atom is -0.484 e. The number of nitrogens with zero attached hydrogens (tertiary/aromatic N) is 1. The molecule has 1 aliphatic rings. The normalized spacial score (nSPS) is 17.4. The largest absolute Gasteiger partial charge is 0.484 e. The van der Waals surface area contributed by atoms with Crippen LogP contribution < -0.4 is 4.74 Å². The Morgan fingerprint density at radius 2 is 2.05 bits per heavy atom. The maximum atomic E-state index is 12.1. The van der Waals surface area contributed by atoms with Crippen molar-refractivity contribution < 1.29 is 23.9 Å². The first kappa shape index (κ1) is 15.0. The van der Waals surface area contributed by atoms with E-state index in [1.807, 2.05) is 0 Å². The van der Waals surface area contributed by atoms with Gasteiger partial charge in [-0.3, -0.25) is 9.59 Å². The SMILES string of the molecule is COC(=O)[C@@H]1CCCN1C(=O)COc1ccc(C=O)cc1. The third-order valence-corrected chi connectivity index (χ3v) is 3.42. The van der Waals surface area contributed by atoms with Crippen LogP contribution in [0.25, 0.3) is 0 Å². The smallest absolute Gasteiger partial charge is 0.328 e. The topological polar surface area (TPSA) is 72.9 Å². The van der Waals surface area contributed by atoms with Gasteiger partial charge < -0.3 is 14.4 Å². The van der Waals surface area contributed by atoms with Gasteiger partial charge in [0.1, 0.15) is 18.1 Å². The van der Waals surface area contributed by atoms with Crippen molar-refractivity contribution in [1.82, 2.24) is 4.90 Å². The Balaban J connectivity index is 1.91. The van der Waals surface area contributed by atoms with Crippen LogP contribution in [-0.2, 0) is 14.3 Å². The first-order valence-electron chi connectivity index (χ1n) is 6.71. The third kappa shape index (κ3) is 3.59. The molecule has 0 unspecified atom stereocenters. The van der Waals surface area contributed by atoms with Gasteiger partial charge in [0.25, 0.3) is 5.91 Å². The number of carbonyl (C=O) groups is 3. The van der Waals surface area contributed by atoms with Gasteiger partial charge >= 0.3 is 5.97 Å². The molecule has 1 fully saturated rings. The van der Waals surface area contributed by atoms with Crippen molar-refractivity contribution in [2.45, 2.75) is 18.9 Å².